The summed E-state index contributed by atoms with van der Waals surface area (Å²) in [7, 11) is 0. The molecule has 1 N–H and O–H groups in total. The fourth-order valence-electron chi connectivity index (χ4n) is 1.81. The Bertz CT molecular complexity index is 775. The van der Waals surface area contributed by atoms with Crippen molar-refractivity contribution in [3.05, 3.63) is 69.4 Å². The molecule has 20 heavy (non-hydrogen) atoms. The van der Waals surface area contributed by atoms with Crippen molar-refractivity contribution in [1.29, 1.82) is 5.26 Å². The zero-order valence-corrected chi connectivity index (χ0v) is 10.2. The fraction of sp³-hybridized carbons (Fsp3) is 0.0714. The second-order valence-corrected chi connectivity index (χ2v) is 4.07. The third-order valence-electron chi connectivity index (χ3n) is 2.76. The summed E-state index contributed by atoms with van der Waals surface area (Å²) in [5.41, 5.74) is -0.324. The van der Waals surface area contributed by atoms with E-state index in [1.807, 2.05) is 0 Å². The Morgan fingerprint density at radius 2 is 2.10 bits per heavy atom. The molecule has 6 heteroatoms. The van der Waals surface area contributed by atoms with Crippen LogP contribution in [0.3, 0.4) is 0 Å². The predicted molar refractivity (Wildman–Crippen MR) is 67.9 cm³/mol. The first-order valence-corrected chi connectivity index (χ1v) is 5.64. The number of aromatic carboxylic acids is 1. The number of pyridine rings is 1. The van der Waals surface area contributed by atoms with Gasteiger partial charge in [-0.25, -0.2) is 9.18 Å². The van der Waals surface area contributed by atoms with Crippen LogP contribution in [0.5, 0.6) is 0 Å². The van der Waals surface area contributed by atoms with Crippen LogP contribution in [0, 0.1) is 17.1 Å². The first kappa shape index (κ1) is 13.5. The minimum Gasteiger partial charge on any atom is -0.477 e. The quantitative estimate of drug-likeness (QED) is 0.920. The molecule has 0 unspecified atom stereocenters. The van der Waals surface area contributed by atoms with Crippen LogP contribution >= 0.6 is 0 Å². The summed E-state index contributed by atoms with van der Waals surface area (Å²) in [6.45, 7) is -0.0454. The molecule has 0 fully saturated rings. The van der Waals surface area contributed by atoms with E-state index < -0.39 is 17.3 Å². The number of aromatic nitrogens is 1. The van der Waals surface area contributed by atoms with E-state index in [1.165, 1.54) is 30.3 Å². The molecular weight excluding hydrogens is 263 g/mol. The molecule has 2 rings (SSSR count). The standard InChI is InChI=1S/C14H9FN2O3/c15-11-5-4-9(6-10(11)7-16)8-17-12(14(19)20)2-1-3-13(17)18/h1-6H,8H2,(H,19,20). The lowest BCUT2D eigenvalue weighted by atomic mass is 10.1. The van der Waals surface area contributed by atoms with E-state index in [0.717, 1.165) is 10.6 Å². The molecule has 0 atom stereocenters. The topological polar surface area (TPSA) is 83.1 Å². The number of nitriles is 1. The molecule has 1 aromatic carbocycles. The number of carboxylic acid groups (broad SMARTS) is 1. The molecule has 0 aliphatic carbocycles. The Labute approximate surface area is 113 Å². The number of hydrogen-bond donors (Lipinski definition) is 1. The molecule has 1 heterocycles. The van der Waals surface area contributed by atoms with Gasteiger partial charge in [-0.2, -0.15) is 5.26 Å². The summed E-state index contributed by atoms with van der Waals surface area (Å²) in [5, 5.41) is 17.8. The van der Waals surface area contributed by atoms with Gasteiger partial charge in [-0.05, 0) is 23.8 Å². The highest BCUT2D eigenvalue weighted by molar-refractivity contribution is 5.85. The molecular formula is C14H9FN2O3. The Balaban J connectivity index is 2.48. The molecule has 100 valence electrons. The highest BCUT2D eigenvalue weighted by Gasteiger charge is 2.11. The van der Waals surface area contributed by atoms with Gasteiger partial charge in [0.05, 0.1) is 12.1 Å². The lowest BCUT2D eigenvalue weighted by Gasteiger charge is -2.09. The van der Waals surface area contributed by atoms with Gasteiger partial charge < -0.3 is 5.11 Å². The van der Waals surface area contributed by atoms with E-state index in [1.54, 1.807) is 6.07 Å². The second kappa shape index (κ2) is 5.36. The largest absolute Gasteiger partial charge is 0.477 e. The van der Waals surface area contributed by atoms with Crippen molar-refractivity contribution in [1.82, 2.24) is 4.57 Å². The minimum absolute atomic E-state index is 0.0454. The third kappa shape index (κ3) is 2.57. The average Bonchev–Trinajstić information content (AvgIpc) is 2.42. The molecule has 0 bridgehead atoms. The first-order chi connectivity index (χ1) is 9.52. The van der Waals surface area contributed by atoms with Crippen molar-refractivity contribution < 1.29 is 14.3 Å². The molecule has 0 saturated carbocycles. The maximum atomic E-state index is 13.2. The number of carbonyl (C=O) groups is 1. The molecule has 0 saturated heterocycles. The third-order valence-corrected chi connectivity index (χ3v) is 2.76. The Kier molecular flexibility index (Phi) is 3.62. The van der Waals surface area contributed by atoms with Crippen LogP contribution < -0.4 is 5.56 Å². The van der Waals surface area contributed by atoms with Gasteiger partial charge in [0.15, 0.2) is 0 Å². The fourth-order valence-corrected chi connectivity index (χ4v) is 1.81. The molecule has 2 aromatic rings. The lowest BCUT2D eigenvalue weighted by molar-refractivity contribution is 0.0684. The van der Waals surface area contributed by atoms with Crippen molar-refractivity contribution >= 4 is 5.97 Å². The molecule has 1 aromatic heterocycles. The van der Waals surface area contributed by atoms with Crippen LogP contribution in [-0.2, 0) is 6.54 Å². The van der Waals surface area contributed by atoms with Crippen molar-refractivity contribution in [2.75, 3.05) is 0 Å². The van der Waals surface area contributed by atoms with Gasteiger partial charge in [0.1, 0.15) is 17.6 Å². The van der Waals surface area contributed by atoms with Crippen molar-refractivity contribution in [3.63, 3.8) is 0 Å². The SMILES string of the molecule is N#Cc1cc(Cn2c(C(=O)O)cccc2=O)ccc1F. The van der Waals surface area contributed by atoms with Gasteiger partial charge >= 0.3 is 5.97 Å². The Hall–Kier alpha value is -2.94. The van der Waals surface area contributed by atoms with E-state index in [0.29, 0.717) is 5.56 Å². The maximum Gasteiger partial charge on any atom is 0.352 e. The van der Waals surface area contributed by atoms with Crippen LogP contribution in [0.4, 0.5) is 4.39 Å². The van der Waals surface area contributed by atoms with Gasteiger partial charge in [-0.15, -0.1) is 0 Å². The van der Waals surface area contributed by atoms with Gasteiger partial charge in [-0.3, -0.25) is 9.36 Å². The molecule has 0 aliphatic heterocycles. The van der Waals surface area contributed by atoms with E-state index >= 15 is 0 Å². The van der Waals surface area contributed by atoms with Crippen LogP contribution in [0.25, 0.3) is 0 Å². The van der Waals surface area contributed by atoms with Gasteiger partial charge in [-0.1, -0.05) is 12.1 Å². The monoisotopic (exact) mass is 272 g/mol. The van der Waals surface area contributed by atoms with Crippen LogP contribution in [0.15, 0.2) is 41.2 Å². The zero-order chi connectivity index (χ0) is 14.7. The minimum atomic E-state index is -1.23. The average molecular weight is 272 g/mol. The number of rotatable bonds is 3. The van der Waals surface area contributed by atoms with Gasteiger partial charge in [0, 0.05) is 6.07 Å². The number of carboxylic acids is 1. The summed E-state index contributed by atoms with van der Waals surface area (Å²) in [4.78, 5) is 22.8. The van der Waals surface area contributed by atoms with E-state index in [9.17, 15) is 14.0 Å². The molecule has 0 amide bonds. The van der Waals surface area contributed by atoms with Crippen LogP contribution in [-0.4, -0.2) is 15.6 Å². The Morgan fingerprint density at radius 3 is 2.75 bits per heavy atom. The van der Waals surface area contributed by atoms with Crippen molar-refractivity contribution in [2.45, 2.75) is 6.54 Å². The summed E-state index contributed by atoms with van der Waals surface area (Å²) in [6, 6.07) is 9.40. The van der Waals surface area contributed by atoms with Crippen LogP contribution in [0.2, 0.25) is 0 Å². The summed E-state index contributed by atoms with van der Waals surface area (Å²) in [6.07, 6.45) is 0. The van der Waals surface area contributed by atoms with E-state index in [4.69, 9.17) is 10.4 Å². The molecule has 0 aliphatic rings. The highest BCUT2D eigenvalue weighted by Crippen LogP contribution is 2.11. The normalized spacial score (nSPS) is 10.0. The van der Waals surface area contributed by atoms with Gasteiger partial charge in [0.2, 0.25) is 0 Å². The smallest absolute Gasteiger partial charge is 0.352 e. The highest BCUT2D eigenvalue weighted by atomic mass is 19.1. The Morgan fingerprint density at radius 1 is 1.35 bits per heavy atom. The van der Waals surface area contributed by atoms with Gasteiger partial charge in [0.25, 0.3) is 5.56 Å². The predicted octanol–water partition coefficient (Wildman–Crippen LogP) is 1.61. The number of benzene rings is 1. The van der Waals surface area contributed by atoms with E-state index in [2.05, 4.69) is 0 Å². The lowest BCUT2D eigenvalue weighted by Crippen LogP contribution is -2.25. The summed E-state index contributed by atoms with van der Waals surface area (Å²) in [5.74, 6) is -1.89. The van der Waals surface area contributed by atoms with Crippen molar-refractivity contribution in [2.24, 2.45) is 0 Å². The molecule has 5 nitrogen and oxygen atoms in total. The summed E-state index contributed by atoms with van der Waals surface area (Å²) < 4.78 is 14.3. The second-order valence-electron chi connectivity index (χ2n) is 4.07. The first-order valence-electron chi connectivity index (χ1n) is 5.64. The summed E-state index contributed by atoms with van der Waals surface area (Å²) >= 11 is 0. The van der Waals surface area contributed by atoms with E-state index in [-0.39, 0.29) is 17.8 Å². The maximum absolute atomic E-state index is 13.2. The molecule has 0 radical (unpaired) electrons. The number of hydrogen-bond acceptors (Lipinski definition) is 3. The zero-order valence-electron chi connectivity index (χ0n) is 10.2. The van der Waals surface area contributed by atoms with Crippen LogP contribution in [0.1, 0.15) is 21.6 Å². The number of halogens is 1. The van der Waals surface area contributed by atoms with Crippen molar-refractivity contribution in [3.8, 4) is 6.07 Å². The molecule has 0 spiro atoms. The number of nitrogens with zero attached hydrogens (tertiary/aromatic N) is 2.